The van der Waals surface area contributed by atoms with Crippen LogP contribution in [0.15, 0.2) is 11.8 Å². The lowest BCUT2D eigenvalue weighted by Crippen LogP contribution is -2.35. The molecule has 1 rings (SSSR count). The van der Waals surface area contributed by atoms with E-state index in [1.807, 2.05) is 0 Å². The predicted octanol–water partition coefficient (Wildman–Crippen LogP) is -0.472. The second-order valence-electron chi connectivity index (χ2n) is 4.43. The van der Waals surface area contributed by atoms with Gasteiger partial charge in [0.1, 0.15) is 6.23 Å². The molecule has 0 aromatic heterocycles. The molecule has 1 aliphatic rings. The van der Waals surface area contributed by atoms with Crippen molar-refractivity contribution in [3.8, 4) is 0 Å². The number of rotatable bonds is 4. The van der Waals surface area contributed by atoms with Crippen LogP contribution < -0.4 is 0 Å². The number of aliphatic hydroxyl groups excluding tert-OH is 1. The fourth-order valence-electron chi connectivity index (χ4n) is 1.75. The number of amides is 1. The summed E-state index contributed by atoms with van der Waals surface area (Å²) in [6, 6.07) is 0. The van der Waals surface area contributed by atoms with Gasteiger partial charge in [0.2, 0.25) is 5.91 Å². The Hall–Kier alpha value is -1.24. The zero-order valence-corrected chi connectivity index (χ0v) is 10.8. The van der Waals surface area contributed by atoms with E-state index in [1.54, 1.807) is 6.92 Å². The van der Waals surface area contributed by atoms with Crippen molar-refractivity contribution in [2.75, 3.05) is 6.61 Å². The van der Waals surface area contributed by atoms with Crippen LogP contribution in [0.25, 0.3) is 0 Å². The Morgan fingerprint density at radius 2 is 2.06 bits per heavy atom. The molecule has 0 aliphatic carbocycles. The van der Waals surface area contributed by atoms with Crippen molar-refractivity contribution in [2.45, 2.75) is 45.6 Å². The Labute approximate surface area is 106 Å². The first-order chi connectivity index (χ1) is 8.36. The molecule has 3 unspecified atom stereocenters. The van der Waals surface area contributed by atoms with Gasteiger partial charge >= 0.3 is 0 Å². The van der Waals surface area contributed by atoms with E-state index in [0.717, 1.165) is 0 Å². The highest BCUT2D eigenvalue weighted by atomic mass is 16.5. The van der Waals surface area contributed by atoms with Crippen molar-refractivity contribution in [2.24, 2.45) is 0 Å². The third-order valence-electron chi connectivity index (χ3n) is 2.97. The van der Waals surface area contributed by atoms with Crippen LogP contribution in [0.1, 0.15) is 27.2 Å². The first-order valence-electron chi connectivity index (χ1n) is 5.83. The van der Waals surface area contributed by atoms with Gasteiger partial charge < -0.3 is 14.9 Å². The standard InChI is InChI=1S/C12H19NO5/c1-7(8(2)15)5-13(9(3)16)12-4-10(17)11(6-14)18-12/h5,10-12,14,17H,4,6H2,1-3H3/p+1/b7-5-. The van der Waals surface area contributed by atoms with Gasteiger partial charge in [0.25, 0.3) is 0 Å². The van der Waals surface area contributed by atoms with E-state index in [1.165, 1.54) is 24.9 Å². The molecular formula is C12H20NO5+. The molecule has 18 heavy (non-hydrogen) atoms. The molecule has 102 valence electrons. The maximum atomic E-state index is 11.6. The molecule has 3 atom stereocenters. The van der Waals surface area contributed by atoms with Crippen molar-refractivity contribution >= 4 is 11.7 Å². The van der Waals surface area contributed by atoms with E-state index >= 15 is 0 Å². The largest absolute Gasteiger partial charge is 0.443 e. The van der Waals surface area contributed by atoms with Gasteiger partial charge in [0.05, 0.1) is 6.10 Å². The van der Waals surface area contributed by atoms with E-state index in [9.17, 15) is 14.7 Å². The van der Waals surface area contributed by atoms with E-state index in [-0.39, 0.29) is 24.7 Å². The maximum Gasteiger partial charge on any atom is 0.225 e. The van der Waals surface area contributed by atoms with Gasteiger partial charge in [-0.05, 0) is 13.8 Å². The van der Waals surface area contributed by atoms with E-state index in [4.69, 9.17) is 9.84 Å². The number of aliphatic hydroxyl groups is 1. The minimum Gasteiger partial charge on any atom is -0.443 e. The van der Waals surface area contributed by atoms with Crippen LogP contribution in [0.2, 0.25) is 0 Å². The van der Waals surface area contributed by atoms with Crippen LogP contribution in [0.5, 0.6) is 0 Å². The lowest BCUT2D eigenvalue weighted by atomic mass is 10.2. The molecule has 1 amide bonds. The average Bonchev–Trinajstić information content (AvgIpc) is 2.66. The molecule has 1 aliphatic heterocycles. The number of allylic oxidation sites excluding steroid dienone is 1. The zero-order chi connectivity index (χ0) is 13.9. The van der Waals surface area contributed by atoms with Crippen molar-refractivity contribution in [3.63, 3.8) is 0 Å². The summed E-state index contributed by atoms with van der Waals surface area (Å²) in [5, 5.41) is 16.9. The number of ketones is 1. The minimum atomic E-state index is -0.750. The van der Waals surface area contributed by atoms with Gasteiger partial charge in [-0.1, -0.05) is 0 Å². The molecular weight excluding hydrogens is 238 g/mol. The van der Waals surface area contributed by atoms with Crippen LogP contribution in [-0.2, 0) is 14.3 Å². The van der Waals surface area contributed by atoms with Crippen LogP contribution in [0.3, 0.4) is 0 Å². The molecule has 6 heteroatoms. The van der Waals surface area contributed by atoms with Gasteiger partial charge in [-0.25, -0.2) is 0 Å². The quantitative estimate of drug-likeness (QED) is 0.545. The van der Waals surface area contributed by atoms with Gasteiger partial charge in [0, 0.05) is 25.1 Å². The van der Waals surface area contributed by atoms with E-state index < -0.39 is 18.4 Å². The maximum absolute atomic E-state index is 11.6. The lowest BCUT2D eigenvalue weighted by Gasteiger charge is -2.24. The Bertz CT molecular complexity index is 365. The number of ether oxygens (including phenoxy) is 1. The summed E-state index contributed by atoms with van der Waals surface area (Å²) < 4.78 is 5.44. The molecule has 0 radical (unpaired) electrons. The Balaban J connectivity index is 2.85. The average molecular weight is 258 g/mol. The van der Waals surface area contributed by atoms with Crippen LogP contribution >= 0.6 is 0 Å². The van der Waals surface area contributed by atoms with Gasteiger partial charge in [0.15, 0.2) is 18.5 Å². The third-order valence-corrected chi connectivity index (χ3v) is 2.97. The number of hydrogen-bond acceptors (Lipinski definition) is 4. The second kappa shape index (κ2) is 6.08. The Morgan fingerprint density at radius 3 is 2.44 bits per heavy atom. The van der Waals surface area contributed by atoms with E-state index in [0.29, 0.717) is 5.57 Å². The van der Waals surface area contributed by atoms with Crippen LogP contribution in [0, 0.1) is 0 Å². The predicted molar refractivity (Wildman–Crippen MR) is 64.7 cm³/mol. The first kappa shape index (κ1) is 14.8. The summed E-state index contributed by atoms with van der Waals surface area (Å²) in [7, 11) is 0. The smallest absolute Gasteiger partial charge is 0.225 e. The topological polar surface area (TPSA) is 89.7 Å². The molecule has 1 fully saturated rings. The third kappa shape index (κ3) is 3.38. The Morgan fingerprint density at radius 1 is 1.44 bits per heavy atom. The molecule has 0 aromatic rings. The fourth-order valence-corrected chi connectivity index (χ4v) is 1.75. The summed E-state index contributed by atoms with van der Waals surface area (Å²) in [6.45, 7) is 4.35. The Kier molecular flexibility index (Phi) is 5.01. The SMILES string of the molecule is CC(=O)/C(C)=C\N(C(C)=O)C1CC(O)C(C[OH2+])O1. The number of Topliss-reactive ketones (excluding diaryl/α,β-unsaturated/α-hetero) is 1. The van der Waals surface area contributed by atoms with Crippen LogP contribution in [-0.4, -0.2) is 51.8 Å². The van der Waals surface area contributed by atoms with Crippen molar-refractivity contribution in [1.29, 1.82) is 0 Å². The molecule has 0 bridgehead atoms. The fraction of sp³-hybridized carbons (Fsp3) is 0.667. The van der Waals surface area contributed by atoms with Crippen molar-refractivity contribution < 1.29 is 24.5 Å². The highest BCUT2D eigenvalue weighted by Gasteiger charge is 2.38. The molecule has 0 spiro atoms. The number of carbonyl (C=O) groups is 2. The normalized spacial score (nSPS) is 28.3. The van der Waals surface area contributed by atoms with Crippen molar-refractivity contribution in [3.05, 3.63) is 11.8 Å². The summed E-state index contributed by atoms with van der Waals surface area (Å²) in [4.78, 5) is 24.0. The molecule has 1 heterocycles. The number of hydrogen-bond donors (Lipinski definition) is 1. The molecule has 1 saturated heterocycles. The number of nitrogens with zero attached hydrogens (tertiary/aromatic N) is 1. The minimum absolute atomic E-state index is 0.0567. The van der Waals surface area contributed by atoms with Crippen molar-refractivity contribution in [1.82, 2.24) is 4.90 Å². The molecule has 0 saturated carbocycles. The zero-order valence-electron chi connectivity index (χ0n) is 10.8. The van der Waals surface area contributed by atoms with E-state index in [2.05, 4.69) is 0 Å². The summed E-state index contributed by atoms with van der Waals surface area (Å²) in [6.07, 6.45) is -0.246. The summed E-state index contributed by atoms with van der Waals surface area (Å²) in [5.74, 6) is -0.393. The lowest BCUT2D eigenvalue weighted by molar-refractivity contribution is -0.138. The molecule has 3 N–H and O–H groups in total. The highest BCUT2D eigenvalue weighted by Crippen LogP contribution is 2.24. The van der Waals surface area contributed by atoms with Gasteiger partial charge in [-0.3, -0.25) is 14.5 Å². The molecule has 6 nitrogen and oxygen atoms in total. The molecule has 0 aromatic carbocycles. The summed E-state index contributed by atoms with van der Waals surface area (Å²) in [5.41, 5.74) is 0.442. The summed E-state index contributed by atoms with van der Waals surface area (Å²) >= 11 is 0. The van der Waals surface area contributed by atoms with Gasteiger partial charge in [-0.2, -0.15) is 0 Å². The monoisotopic (exact) mass is 258 g/mol. The second-order valence-corrected chi connectivity index (χ2v) is 4.43. The van der Waals surface area contributed by atoms with Crippen LogP contribution in [0.4, 0.5) is 0 Å². The first-order valence-corrected chi connectivity index (χ1v) is 5.83. The number of carbonyl (C=O) groups excluding carboxylic acids is 2. The highest BCUT2D eigenvalue weighted by molar-refractivity contribution is 5.93. The van der Waals surface area contributed by atoms with Gasteiger partial charge in [-0.15, -0.1) is 0 Å².